The number of nitrogens with zero attached hydrogens (tertiary/aromatic N) is 3. The number of para-hydroxylation sites is 2. The predicted octanol–water partition coefficient (Wildman–Crippen LogP) is 16.6. The summed E-state index contributed by atoms with van der Waals surface area (Å²) in [6, 6.07) is 66.1. The van der Waals surface area contributed by atoms with E-state index in [-0.39, 0.29) is 11.2 Å². The van der Waals surface area contributed by atoms with E-state index in [1.165, 1.54) is 5.56 Å². The van der Waals surface area contributed by atoms with Crippen molar-refractivity contribution in [2.75, 3.05) is 0 Å². The number of hydrogen-bond donors (Lipinski definition) is 1. The lowest BCUT2D eigenvalue weighted by Crippen LogP contribution is -2.10. The van der Waals surface area contributed by atoms with Gasteiger partial charge in [-0.25, -0.2) is 9.97 Å². The molecule has 0 spiro atoms. The van der Waals surface area contributed by atoms with Crippen LogP contribution in [0.3, 0.4) is 0 Å². The average Bonchev–Trinajstić information content (AvgIpc) is 3.91. The van der Waals surface area contributed by atoms with E-state index in [1.54, 1.807) is 6.07 Å². The van der Waals surface area contributed by atoms with Crippen molar-refractivity contribution in [2.24, 2.45) is 0 Å². The van der Waals surface area contributed by atoms with Crippen molar-refractivity contribution >= 4 is 54.6 Å². The van der Waals surface area contributed by atoms with Crippen molar-refractivity contribution in [3.05, 3.63) is 205 Å². The lowest BCUT2D eigenvalue weighted by Gasteiger charge is -2.22. The van der Waals surface area contributed by atoms with Crippen LogP contribution in [0.25, 0.3) is 116 Å². The molecule has 0 bridgehead atoms. The predicted molar refractivity (Wildman–Crippen MR) is 278 cm³/mol. The summed E-state index contributed by atoms with van der Waals surface area (Å²) in [4.78, 5) is 11.2. The molecule has 3 aromatic heterocycles. The molecular formula is C62H47N3O2. The number of aromatic hydroxyl groups is 1. The van der Waals surface area contributed by atoms with E-state index in [2.05, 4.69) is 191 Å². The molecule has 322 valence electrons. The smallest absolute Gasteiger partial charge is 0.164 e. The molecule has 0 atom stereocenters. The molecule has 12 aromatic rings. The van der Waals surface area contributed by atoms with Gasteiger partial charge in [0.2, 0.25) is 0 Å². The van der Waals surface area contributed by atoms with Gasteiger partial charge < -0.3 is 9.52 Å². The lowest BCUT2D eigenvalue weighted by molar-refractivity contribution is 0.482. The van der Waals surface area contributed by atoms with Gasteiger partial charge in [-0.05, 0) is 117 Å². The maximum Gasteiger partial charge on any atom is 0.164 e. The van der Waals surface area contributed by atoms with Gasteiger partial charge in [0.25, 0.3) is 0 Å². The summed E-state index contributed by atoms with van der Waals surface area (Å²) in [5.74, 6) is 0.907. The number of aromatic nitrogens is 3. The topological polar surface area (TPSA) is 64.1 Å². The number of furan rings is 1. The maximum atomic E-state index is 11.3. The summed E-state index contributed by atoms with van der Waals surface area (Å²) in [5, 5.41) is 16.0. The standard InChI is InChI=1S/C62H47N3O2/c1-37-15-11-16-38(2)60(37)65-51-34-32-49(57-45(39-17-7-6-8-18-39)23-14-24-46(57)42-20-12-21-44(35-42)62(3,4)5)55(43-29-31-48-47-22-9-10-26-53(47)67-54(48)36-43)59(51)64-61(65)50-33-30-41-28-27-40-19-13-25-52(66)56(40)58(41)63-50/h6-36,66H,1-5H3. The van der Waals surface area contributed by atoms with Gasteiger partial charge in [0, 0.05) is 27.1 Å². The number of imidazole rings is 1. The molecule has 1 N–H and O–H groups in total. The first kappa shape index (κ1) is 40.2. The summed E-state index contributed by atoms with van der Waals surface area (Å²) in [6.07, 6.45) is 0. The third-order valence-corrected chi connectivity index (χ3v) is 13.5. The number of rotatable bonds is 6. The zero-order valence-corrected chi connectivity index (χ0v) is 38.1. The molecule has 0 saturated carbocycles. The normalized spacial score (nSPS) is 12.0. The minimum Gasteiger partial charge on any atom is -0.507 e. The molecule has 0 amide bonds. The second-order valence-electron chi connectivity index (χ2n) is 18.8. The summed E-state index contributed by atoms with van der Waals surface area (Å²) >= 11 is 0. The van der Waals surface area contributed by atoms with Crippen molar-refractivity contribution < 1.29 is 9.52 Å². The number of hydrogen-bond acceptors (Lipinski definition) is 4. The number of fused-ring (bicyclic) bond motifs is 7. The second-order valence-corrected chi connectivity index (χ2v) is 18.8. The molecule has 0 radical (unpaired) electrons. The SMILES string of the molecule is Cc1cccc(C)c1-n1c(-c2ccc3ccc4cccc(O)c4c3n2)nc2c(-c3ccc4c(c3)oc3ccccc34)c(-c3c(-c4ccccc4)cccc3-c3cccc(C(C)(C)C)c3)ccc21. The number of phenolic OH excluding ortho intramolecular Hbond substituents is 1. The van der Waals surface area contributed by atoms with Crippen molar-refractivity contribution in [2.45, 2.75) is 40.0 Å². The lowest BCUT2D eigenvalue weighted by atomic mass is 9.81. The molecule has 0 aliphatic heterocycles. The van der Waals surface area contributed by atoms with Gasteiger partial charge in [-0.3, -0.25) is 4.57 Å². The zero-order valence-electron chi connectivity index (χ0n) is 38.1. The first-order valence-corrected chi connectivity index (χ1v) is 23.0. The van der Waals surface area contributed by atoms with E-state index >= 15 is 0 Å². The Morgan fingerprint density at radius 3 is 2.00 bits per heavy atom. The van der Waals surface area contributed by atoms with Gasteiger partial charge >= 0.3 is 0 Å². The highest BCUT2D eigenvalue weighted by atomic mass is 16.3. The molecule has 0 saturated heterocycles. The highest BCUT2D eigenvalue weighted by Gasteiger charge is 2.27. The van der Waals surface area contributed by atoms with Gasteiger partial charge in [0.15, 0.2) is 5.82 Å². The molecule has 0 aliphatic carbocycles. The summed E-state index contributed by atoms with van der Waals surface area (Å²) in [6.45, 7) is 11.1. The molecule has 3 heterocycles. The van der Waals surface area contributed by atoms with E-state index in [9.17, 15) is 5.11 Å². The monoisotopic (exact) mass is 865 g/mol. The van der Waals surface area contributed by atoms with Crippen LogP contribution in [-0.4, -0.2) is 19.6 Å². The van der Waals surface area contributed by atoms with Gasteiger partial charge in [-0.15, -0.1) is 0 Å². The second kappa shape index (κ2) is 15.4. The van der Waals surface area contributed by atoms with Crippen molar-refractivity contribution in [1.82, 2.24) is 14.5 Å². The number of aryl methyl sites for hydroxylation is 2. The first-order valence-electron chi connectivity index (χ1n) is 23.0. The Bertz CT molecular complexity index is 3920. The van der Waals surface area contributed by atoms with Crippen LogP contribution >= 0.6 is 0 Å². The van der Waals surface area contributed by atoms with Gasteiger partial charge in [-0.1, -0.05) is 172 Å². The highest BCUT2D eigenvalue weighted by molar-refractivity contribution is 6.12. The Kier molecular flexibility index (Phi) is 9.27. The fourth-order valence-electron chi connectivity index (χ4n) is 10.2. The third-order valence-electron chi connectivity index (χ3n) is 13.5. The Labute approximate surface area is 389 Å². The van der Waals surface area contributed by atoms with E-state index in [1.807, 2.05) is 30.3 Å². The summed E-state index contributed by atoms with van der Waals surface area (Å²) in [7, 11) is 0. The third kappa shape index (κ3) is 6.60. The van der Waals surface area contributed by atoms with Crippen molar-refractivity contribution in [3.63, 3.8) is 0 Å². The Hall–Kier alpha value is -8.28. The fourth-order valence-corrected chi connectivity index (χ4v) is 10.2. The maximum absolute atomic E-state index is 11.3. The Morgan fingerprint density at radius 2 is 1.18 bits per heavy atom. The number of phenols is 1. The minimum absolute atomic E-state index is 0.0436. The van der Waals surface area contributed by atoms with E-state index in [0.29, 0.717) is 11.5 Å². The van der Waals surface area contributed by atoms with Crippen LogP contribution in [0.15, 0.2) is 192 Å². The Morgan fingerprint density at radius 1 is 0.493 bits per heavy atom. The molecule has 5 nitrogen and oxygen atoms in total. The molecule has 0 unspecified atom stereocenters. The Balaban J connectivity index is 1.24. The first-order chi connectivity index (χ1) is 32.6. The quantitative estimate of drug-likeness (QED) is 0.169. The number of benzene rings is 9. The molecule has 9 aromatic carbocycles. The molecule has 0 fully saturated rings. The zero-order chi connectivity index (χ0) is 45.6. The minimum atomic E-state index is -0.0436. The van der Waals surface area contributed by atoms with E-state index in [0.717, 1.165) is 116 Å². The molecule has 0 aliphatic rings. The largest absolute Gasteiger partial charge is 0.507 e. The summed E-state index contributed by atoms with van der Waals surface area (Å²) in [5.41, 5.74) is 18.1. The van der Waals surface area contributed by atoms with E-state index < -0.39 is 0 Å². The van der Waals surface area contributed by atoms with Crippen LogP contribution in [0.1, 0.15) is 37.5 Å². The summed E-state index contributed by atoms with van der Waals surface area (Å²) < 4.78 is 8.93. The van der Waals surface area contributed by atoms with Crippen LogP contribution < -0.4 is 0 Å². The van der Waals surface area contributed by atoms with Crippen LogP contribution in [0.2, 0.25) is 0 Å². The van der Waals surface area contributed by atoms with E-state index in [4.69, 9.17) is 14.4 Å². The molecule has 67 heavy (non-hydrogen) atoms. The van der Waals surface area contributed by atoms with Gasteiger partial charge in [-0.2, -0.15) is 0 Å². The highest BCUT2D eigenvalue weighted by Crippen LogP contribution is 2.49. The van der Waals surface area contributed by atoms with Crippen LogP contribution in [0.5, 0.6) is 5.75 Å². The molecule has 5 heteroatoms. The van der Waals surface area contributed by atoms with Crippen LogP contribution in [-0.2, 0) is 5.41 Å². The fraction of sp³-hybridized carbons (Fsp3) is 0.0968. The average molecular weight is 866 g/mol. The van der Waals surface area contributed by atoms with Crippen molar-refractivity contribution in [3.8, 4) is 67.5 Å². The van der Waals surface area contributed by atoms with Gasteiger partial charge in [0.05, 0.1) is 22.2 Å². The van der Waals surface area contributed by atoms with Gasteiger partial charge in [0.1, 0.15) is 22.6 Å². The molecule has 12 rings (SSSR count). The molecular weight excluding hydrogens is 819 g/mol. The van der Waals surface area contributed by atoms with Crippen molar-refractivity contribution in [1.29, 1.82) is 0 Å². The van der Waals surface area contributed by atoms with Crippen LogP contribution in [0, 0.1) is 13.8 Å². The number of pyridine rings is 1. The van der Waals surface area contributed by atoms with Crippen LogP contribution in [0.4, 0.5) is 0 Å².